The molecule has 0 saturated carbocycles. The Morgan fingerprint density at radius 3 is 2.73 bits per heavy atom. The molecule has 0 unspecified atom stereocenters. The van der Waals surface area contributed by atoms with Gasteiger partial charge in [-0.3, -0.25) is 0 Å². The number of hydrogen-bond acceptors (Lipinski definition) is 5. The number of aliphatic hydroxyl groups is 1. The highest BCUT2D eigenvalue weighted by molar-refractivity contribution is 6.30. The van der Waals surface area contributed by atoms with Crippen molar-refractivity contribution >= 4 is 11.6 Å². The van der Waals surface area contributed by atoms with Gasteiger partial charge < -0.3 is 14.6 Å². The second-order valence-corrected chi connectivity index (χ2v) is 5.75. The maximum Gasteiger partial charge on any atom is 0.119 e. The first kappa shape index (κ1) is 15.3. The molecule has 2 heterocycles. The van der Waals surface area contributed by atoms with Crippen LogP contribution >= 0.6 is 11.6 Å². The molecule has 0 amide bonds. The lowest BCUT2D eigenvalue weighted by Crippen LogP contribution is -2.33. The molecule has 1 aliphatic rings. The highest BCUT2D eigenvalue weighted by Gasteiger charge is 2.34. The minimum atomic E-state index is -0.923. The van der Waals surface area contributed by atoms with E-state index in [1.165, 1.54) is 0 Å². The lowest BCUT2D eigenvalue weighted by atomic mass is 9.91. The summed E-state index contributed by atoms with van der Waals surface area (Å²) in [7, 11) is 0. The smallest absolute Gasteiger partial charge is 0.119 e. The van der Waals surface area contributed by atoms with Gasteiger partial charge in [-0.25, -0.2) is 4.68 Å². The minimum absolute atomic E-state index is 0.464. The van der Waals surface area contributed by atoms with E-state index in [0.29, 0.717) is 49.9 Å². The summed E-state index contributed by atoms with van der Waals surface area (Å²) in [6.45, 7) is 2.11. The van der Waals surface area contributed by atoms with E-state index in [-0.39, 0.29) is 0 Å². The fourth-order valence-corrected chi connectivity index (χ4v) is 2.50. The molecule has 0 aliphatic carbocycles. The van der Waals surface area contributed by atoms with Crippen molar-refractivity contribution in [2.24, 2.45) is 0 Å². The molecule has 1 aromatic carbocycles. The molecule has 118 valence electrons. The maximum absolute atomic E-state index is 10.5. The fraction of sp³-hybridized carbons (Fsp3) is 0.467. The molecular weight excluding hydrogens is 306 g/mol. The van der Waals surface area contributed by atoms with E-state index in [9.17, 15) is 5.11 Å². The zero-order valence-corrected chi connectivity index (χ0v) is 12.9. The predicted molar refractivity (Wildman–Crippen MR) is 80.9 cm³/mol. The van der Waals surface area contributed by atoms with Crippen LogP contribution in [0.15, 0.2) is 30.5 Å². The van der Waals surface area contributed by atoms with E-state index < -0.39 is 5.60 Å². The molecular formula is C15H18ClN3O3. The lowest BCUT2D eigenvalue weighted by Gasteiger charge is -2.29. The number of aromatic nitrogens is 3. The van der Waals surface area contributed by atoms with Gasteiger partial charge in [-0.1, -0.05) is 16.8 Å². The average molecular weight is 324 g/mol. The molecule has 0 radical (unpaired) electrons. The van der Waals surface area contributed by atoms with Crippen LogP contribution in [0.25, 0.3) is 0 Å². The Balaban J connectivity index is 1.54. The molecule has 1 saturated heterocycles. The van der Waals surface area contributed by atoms with Gasteiger partial charge >= 0.3 is 0 Å². The molecule has 22 heavy (non-hydrogen) atoms. The van der Waals surface area contributed by atoms with Crippen LogP contribution in [-0.2, 0) is 16.9 Å². The van der Waals surface area contributed by atoms with Gasteiger partial charge in [0.15, 0.2) is 0 Å². The van der Waals surface area contributed by atoms with Crippen molar-refractivity contribution in [2.45, 2.75) is 25.0 Å². The molecule has 1 fully saturated rings. The zero-order chi connectivity index (χ0) is 15.4. The van der Waals surface area contributed by atoms with Crippen LogP contribution in [0.1, 0.15) is 18.5 Å². The Morgan fingerprint density at radius 2 is 2.00 bits per heavy atom. The highest BCUT2D eigenvalue weighted by Crippen LogP contribution is 2.30. The van der Waals surface area contributed by atoms with E-state index >= 15 is 0 Å². The van der Waals surface area contributed by atoms with Gasteiger partial charge in [-0.2, -0.15) is 0 Å². The predicted octanol–water partition coefficient (Wildman–Crippen LogP) is 2.01. The van der Waals surface area contributed by atoms with Crippen LogP contribution in [0.4, 0.5) is 0 Å². The SMILES string of the molecule is OC1(c2cn(CCOc3ccc(Cl)cc3)nn2)CCOCC1. The van der Waals surface area contributed by atoms with Gasteiger partial charge in [0.2, 0.25) is 0 Å². The van der Waals surface area contributed by atoms with Gasteiger partial charge in [-0.05, 0) is 24.3 Å². The quantitative estimate of drug-likeness (QED) is 0.911. The van der Waals surface area contributed by atoms with Crippen LogP contribution in [-0.4, -0.2) is 39.9 Å². The number of ether oxygens (including phenoxy) is 2. The summed E-state index contributed by atoms with van der Waals surface area (Å²) in [6, 6.07) is 7.20. The molecule has 2 aromatic rings. The Kier molecular flexibility index (Phi) is 4.61. The molecule has 1 aromatic heterocycles. The minimum Gasteiger partial charge on any atom is -0.492 e. The van der Waals surface area contributed by atoms with E-state index in [2.05, 4.69) is 10.3 Å². The van der Waals surface area contributed by atoms with Crippen LogP contribution in [0.5, 0.6) is 5.75 Å². The topological polar surface area (TPSA) is 69.4 Å². The van der Waals surface area contributed by atoms with Crippen molar-refractivity contribution in [3.05, 3.63) is 41.2 Å². The summed E-state index contributed by atoms with van der Waals surface area (Å²) >= 11 is 5.82. The molecule has 0 spiro atoms. The molecule has 7 heteroatoms. The standard InChI is InChI=1S/C15H18ClN3O3/c16-12-1-3-13(4-2-12)22-10-7-19-11-14(17-18-19)15(20)5-8-21-9-6-15/h1-4,11,20H,5-10H2. The van der Waals surface area contributed by atoms with Crippen molar-refractivity contribution in [1.82, 2.24) is 15.0 Å². The Morgan fingerprint density at radius 1 is 1.27 bits per heavy atom. The number of hydrogen-bond donors (Lipinski definition) is 1. The van der Waals surface area contributed by atoms with Gasteiger partial charge in [0.05, 0.1) is 12.7 Å². The van der Waals surface area contributed by atoms with E-state index in [4.69, 9.17) is 21.1 Å². The van der Waals surface area contributed by atoms with E-state index in [1.807, 2.05) is 12.1 Å². The van der Waals surface area contributed by atoms with Crippen molar-refractivity contribution in [3.8, 4) is 5.75 Å². The summed E-state index contributed by atoms with van der Waals surface area (Å²) in [5.74, 6) is 0.757. The monoisotopic (exact) mass is 323 g/mol. The first-order chi connectivity index (χ1) is 10.7. The molecule has 6 nitrogen and oxygen atoms in total. The van der Waals surface area contributed by atoms with Gasteiger partial charge in [0.25, 0.3) is 0 Å². The first-order valence-corrected chi connectivity index (χ1v) is 7.63. The number of nitrogens with zero attached hydrogens (tertiary/aromatic N) is 3. The molecule has 3 rings (SSSR count). The van der Waals surface area contributed by atoms with Crippen LogP contribution in [0, 0.1) is 0 Å². The molecule has 1 aliphatic heterocycles. The average Bonchev–Trinajstić information content (AvgIpc) is 3.00. The Hall–Kier alpha value is -1.63. The van der Waals surface area contributed by atoms with Gasteiger partial charge in [-0.15, -0.1) is 5.10 Å². The summed E-state index contributed by atoms with van der Waals surface area (Å²) in [4.78, 5) is 0. The van der Waals surface area contributed by atoms with Crippen LogP contribution in [0.3, 0.4) is 0 Å². The number of rotatable bonds is 5. The van der Waals surface area contributed by atoms with Crippen molar-refractivity contribution in [2.75, 3.05) is 19.8 Å². The van der Waals surface area contributed by atoms with E-state index in [1.54, 1.807) is 23.0 Å². The molecule has 0 bridgehead atoms. The fourth-order valence-electron chi connectivity index (χ4n) is 2.37. The number of benzene rings is 1. The van der Waals surface area contributed by atoms with Crippen LogP contribution < -0.4 is 4.74 Å². The Labute approximate surface area is 133 Å². The van der Waals surface area contributed by atoms with Crippen molar-refractivity contribution in [3.63, 3.8) is 0 Å². The van der Waals surface area contributed by atoms with Crippen molar-refractivity contribution in [1.29, 1.82) is 0 Å². The summed E-state index contributed by atoms with van der Waals surface area (Å²) in [5, 5.41) is 19.4. The maximum atomic E-state index is 10.5. The lowest BCUT2D eigenvalue weighted by molar-refractivity contribution is -0.0706. The summed E-state index contributed by atoms with van der Waals surface area (Å²) < 4.78 is 12.6. The van der Waals surface area contributed by atoms with Gasteiger partial charge in [0, 0.05) is 31.1 Å². The second-order valence-electron chi connectivity index (χ2n) is 5.31. The third-order valence-electron chi connectivity index (χ3n) is 3.74. The normalized spacial score (nSPS) is 17.4. The summed E-state index contributed by atoms with van der Waals surface area (Å²) in [6.07, 6.45) is 2.87. The Bertz CT molecular complexity index is 609. The largest absolute Gasteiger partial charge is 0.492 e. The summed E-state index contributed by atoms with van der Waals surface area (Å²) in [5.41, 5.74) is -0.324. The van der Waals surface area contributed by atoms with Gasteiger partial charge in [0.1, 0.15) is 23.7 Å². The third-order valence-corrected chi connectivity index (χ3v) is 3.99. The molecule has 1 N–H and O–H groups in total. The van der Waals surface area contributed by atoms with Crippen molar-refractivity contribution < 1.29 is 14.6 Å². The third kappa shape index (κ3) is 3.58. The van der Waals surface area contributed by atoms with Crippen LogP contribution in [0.2, 0.25) is 5.02 Å². The molecule has 0 atom stereocenters. The second kappa shape index (κ2) is 6.64. The first-order valence-electron chi connectivity index (χ1n) is 7.25. The van der Waals surface area contributed by atoms with E-state index in [0.717, 1.165) is 5.75 Å². The highest BCUT2D eigenvalue weighted by atomic mass is 35.5. The zero-order valence-electron chi connectivity index (χ0n) is 12.1. The number of halogens is 1.